The first-order valence-corrected chi connectivity index (χ1v) is 9.06. The van der Waals surface area contributed by atoms with Crippen molar-refractivity contribution in [3.8, 4) is 11.5 Å². The van der Waals surface area contributed by atoms with Crippen molar-refractivity contribution in [2.24, 2.45) is 0 Å². The number of methoxy groups -OCH3 is 1. The van der Waals surface area contributed by atoms with E-state index in [1.54, 1.807) is 28.8 Å². The molecular formula is C20H18ClF2N3O3. The minimum absolute atomic E-state index is 0.0477. The summed E-state index contributed by atoms with van der Waals surface area (Å²) in [6, 6.07) is 10.2. The maximum Gasteiger partial charge on any atom is 0.387 e. The van der Waals surface area contributed by atoms with Crippen molar-refractivity contribution in [1.82, 2.24) is 14.7 Å². The van der Waals surface area contributed by atoms with Gasteiger partial charge in [-0.25, -0.2) is 4.98 Å². The Morgan fingerprint density at radius 1 is 1.31 bits per heavy atom. The number of rotatable bonds is 8. The smallest absolute Gasteiger partial charge is 0.387 e. The third kappa shape index (κ3) is 5.23. The zero-order valence-electron chi connectivity index (χ0n) is 15.4. The Kier molecular flexibility index (Phi) is 6.66. The predicted molar refractivity (Wildman–Crippen MR) is 106 cm³/mol. The largest absolute Gasteiger partial charge is 0.493 e. The van der Waals surface area contributed by atoms with E-state index in [9.17, 15) is 13.6 Å². The highest BCUT2D eigenvalue weighted by Crippen LogP contribution is 2.29. The molecule has 1 aromatic carbocycles. The number of imidazole rings is 1. The van der Waals surface area contributed by atoms with Crippen LogP contribution in [0.25, 0.3) is 11.7 Å². The second-order valence-corrected chi connectivity index (χ2v) is 6.31. The number of carbonyl (C=O) groups is 1. The fourth-order valence-corrected chi connectivity index (χ4v) is 2.98. The number of nitrogens with zero attached hydrogens (tertiary/aromatic N) is 2. The van der Waals surface area contributed by atoms with Crippen molar-refractivity contribution in [1.29, 1.82) is 0 Å². The lowest BCUT2D eigenvalue weighted by molar-refractivity contribution is -0.116. The SMILES string of the molecule is COc1ccc(CCNC(=O)/C=C/c2c(Cl)nc3ccccn23)cc1OC(F)F. The van der Waals surface area contributed by atoms with E-state index < -0.39 is 6.61 Å². The first kappa shape index (κ1) is 20.6. The molecule has 0 fully saturated rings. The summed E-state index contributed by atoms with van der Waals surface area (Å²) in [5.74, 6) is -0.149. The highest BCUT2D eigenvalue weighted by atomic mass is 35.5. The molecule has 0 saturated heterocycles. The van der Waals surface area contributed by atoms with Crippen molar-refractivity contribution in [2.45, 2.75) is 13.0 Å². The van der Waals surface area contributed by atoms with Gasteiger partial charge in [-0.1, -0.05) is 23.7 Å². The van der Waals surface area contributed by atoms with Gasteiger partial charge in [-0.3, -0.25) is 9.20 Å². The molecule has 1 N–H and O–H groups in total. The van der Waals surface area contributed by atoms with Crippen LogP contribution in [-0.4, -0.2) is 35.6 Å². The number of fused-ring (bicyclic) bond motifs is 1. The lowest BCUT2D eigenvalue weighted by atomic mass is 10.1. The second kappa shape index (κ2) is 9.38. The van der Waals surface area contributed by atoms with Crippen LogP contribution in [0.2, 0.25) is 5.15 Å². The number of halogens is 3. The summed E-state index contributed by atoms with van der Waals surface area (Å²) in [5, 5.41) is 3.03. The van der Waals surface area contributed by atoms with Gasteiger partial charge in [0.15, 0.2) is 16.7 Å². The van der Waals surface area contributed by atoms with Gasteiger partial charge < -0.3 is 14.8 Å². The maximum atomic E-state index is 12.5. The number of hydrogen-bond donors (Lipinski definition) is 1. The summed E-state index contributed by atoms with van der Waals surface area (Å²) >= 11 is 6.12. The van der Waals surface area contributed by atoms with Crippen LogP contribution in [0.15, 0.2) is 48.7 Å². The van der Waals surface area contributed by atoms with Crippen molar-refractivity contribution >= 4 is 29.2 Å². The van der Waals surface area contributed by atoms with Crippen LogP contribution in [-0.2, 0) is 11.2 Å². The van der Waals surface area contributed by atoms with E-state index >= 15 is 0 Å². The van der Waals surface area contributed by atoms with E-state index in [1.165, 1.54) is 19.3 Å². The standard InChI is InChI=1S/C20H18ClF2N3O3/c1-28-15-7-5-13(12-16(15)29-20(22)23)9-10-24-18(27)8-6-14-19(21)25-17-4-2-3-11-26(14)17/h2-8,11-12,20H,9-10H2,1H3,(H,24,27)/b8-6+. The number of hydrogen-bond acceptors (Lipinski definition) is 4. The van der Waals surface area contributed by atoms with Crippen molar-refractivity contribution in [3.63, 3.8) is 0 Å². The van der Waals surface area contributed by atoms with E-state index in [-0.39, 0.29) is 17.4 Å². The van der Waals surface area contributed by atoms with Gasteiger partial charge in [-0.05, 0) is 42.3 Å². The number of ether oxygens (including phenoxy) is 2. The molecule has 3 aromatic rings. The molecule has 29 heavy (non-hydrogen) atoms. The maximum absolute atomic E-state index is 12.5. The zero-order chi connectivity index (χ0) is 20.8. The van der Waals surface area contributed by atoms with Crippen LogP contribution in [0.4, 0.5) is 8.78 Å². The average molecular weight is 422 g/mol. The van der Waals surface area contributed by atoms with Crippen LogP contribution in [0.1, 0.15) is 11.3 Å². The fourth-order valence-electron chi connectivity index (χ4n) is 2.74. The molecule has 0 atom stereocenters. The average Bonchev–Trinajstić information content (AvgIpc) is 3.01. The lowest BCUT2D eigenvalue weighted by Gasteiger charge is -2.11. The molecule has 0 saturated carbocycles. The second-order valence-electron chi connectivity index (χ2n) is 5.95. The number of carbonyl (C=O) groups excluding carboxylic acids is 1. The Morgan fingerprint density at radius 3 is 2.90 bits per heavy atom. The van der Waals surface area contributed by atoms with E-state index in [0.717, 1.165) is 5.56 Å². The van der Waals surface area contributed by atoms with Gasteiger partial charge in [0.05, 0.1) is 12.8 Å². The summed E-state index contributed by atoms with van der Waals surface area (Å²) in [6.07, 6.45) is 5.18. The van der Waals surface area contributed by atoms with Gasteiger partial charge in [0.2, 0.25) is 5.91 Å². The van der Waals surface area contributed by atoms with Crippen LogP contribution in [0, 0.1) is 0 Å². The Morgan fingerprint density at radius 2 is 2.14 bits per heavy atom. The molecule has 0 unspecified atom stereocenters. The predicted octanol–water partition coefficient (Wildman–Crippen LogP) is 3.97. The van der Waals surface area contributed by atoms with Crippen LogP contribution < -0.4 is 14.8 Å². The lowest BCUT2D eigenvalue weighted by Crippen LogP contribution is -2.23. The summed E-state index contributed by atoms with van der Waals surface area (Å²) in [6.45, 7) is -2.64. The van der Waals surface area contributed by atoms with Crippen LogP contribution >= 0.6 is 11.6 Å². The minimum atomic E-state index is -2.95. The molecule has 6 nitrogen and oxygen atoms in total. The molecule has 1 amide bonds. The molecule has 3 rings (SSSR count). The number of aromatic nitrogens is 2. The fraction of sp³-hybridized carbons (Fsp3) is 0.200. The normalized spacial score (nSPS) is 11.3. The number of benzene rings is 1. The van der Waals surface area contributed by atoms with Gasteiger partial charge in [0, 0.05) is 18.8 Å². The summed E-state index contributed by atoms with van der Waals surface area (Å²) in [7, 11) is 1.37. The Balaban J connectivity index is 1.58. The van der Waals surface area contributed by atoms with Crippen molar-refractivity contribution in [2.75, 3.05) is 13.7 Å². The number of nitrogens with one attached hydrogen (secondary N) is 1. The quantitative estimate of drug-likeness (QED) is 0.559. The van der Waals surface area contributed by atoms with Crippen molar-refractivity contribution < 1.29 is 23.0 Å². The van der Waals surface area contributed by atoms with E-state index in [2.05, 4.69) is 15.0 Å². The van der Waals surface area contributed by atoms with Gasteiger partial charge >= 0.3 is 6.61 Å². The minimum Gasteiger partial charge on any atom is -0.493 e. The van der Waals surface area contributed by atoms with Gasteiger partial charge in [-0.2, -0.15) is 8.78 Å². The molecule has 0 spiro atoms. The molecule has 2 aromatic heterocycles. The van der Waals surface area contributed by atoms with E-state index in [4.69, 9.17) is 16.3 Å². The van der Waals surface area contributed by atoms with Crippen LogP contribution in [0.3, 0.4) is 0 Å². The molecule has 0 aliphatic rings. The van der Waals surface area contributed by atoms with Gasteiger partial charge in [0.1, 0.15) is 5.65 Å². The first-order chi connectivity index (χ1) is 14.0. The third-order valence-corrected chi connectivity index (χ3v) is 4.35. The molecule has 9 heteroatoms. The highest BCUT2D eigenvalue weighted by Gasteiger charge is 2.11. The summed E-state index contributed by atoms with van der Waals surface area (Å²) in [5.41, 5.74) is 2.00. The monoisotopic (exact) mass is 421 g/mol. The molecule has 152 valence electrons. The molecule has 2 heterocycles. The number of amides is 1. The topological polar surface area (TPSA) is 64.9 Å². The molecule has 0 aliphatic carbocycles. The molecular weight excluding hydrogens is 404 g/mol. The zero-order valence-corrected chi connectivity index (χ0v) is 16.2. The molecule has 0 bridgehead atoms. The Bertz CT molecular complexity index is 1040. The van der Waals surface area contributed by atoms with Crippen LogP contribution in [0.5, 0.6) is 11.5 Å². The van der Waals surface area contributed by atoms with Gasteiger partial charge in [-0.15, -0.1) is 0 Å². The Hall–Kier alpha value is -3.13. The number of pyridine rings is 1. The first-order valence-electron chi connectivity index (χ1n) is 8.68. The third-order valence-electron chi connectivity index (χ3n) is 4.07. The summed E-state index contributed by atoms with van der Waals surface area (Å²) < 4.78 is 36.2. The molecule has 0 aliphatic heterocycles. The van der Waals surface area contributed by atoms with E-state index in [0.29, 0.717) is 29.5 Å². The van der Waals surface area contributed by atoms with Crippen molar-refractivity contribution in [3.05, 3.63) is 65.1 Å². The molecule has 0 radical (unpaired) electrons. The van der Waals surface area contributed by atoms with Gasteiger partial charge in [0.25, 0.3) is 0 Å². The number of alkyl halides is 2. The summed E-state index contributed by atoms with van der Waals surface area (Å²) in [4.78, 5) is 16.3. The Labute approximate surface area is 170 Å². The van der Waals surface area contributed by atoms with E-state index in [1.807, 2.05) is 18.2 Å². The highest BCUT2D eigenvalue weighted by molar-refractivity contribution is 6.31.